The molecule has 1 aliphatic heterocycles. The van der Waals surface area contributed by atoms with E-state index in [-0.39, 0.29) is 23.9 Å². The molecule has 1 unspecified atom stereocenters. The van der Waals surface area contributed by atoms with E-state index < -0.39 is 0 Å². The van der Waals surface area contributed by atoms with E-state index in [9.17, 15) is 9.59 Å². The number of rotatable bonds is 8. The fraction of sp³-hybridized carbons (Fsp3) is 0.440. The molecule has 0 radical (unpaired) electrons. The van der Waals surface area contributed by atoms with Crippen LogP contribution >= 0.6 is 0 Å². The van der Waals surface area contributed by atoms with Gasteiger partial charge in [-0.2, -0.15) is 0 Å². The summed E-state index contributed by atoms with van der Waals surface area (Å²) in [6, 6.07) is 13.2. The zero-order chi connectivity index (χ0) is 23.1. The van der Waals surface area contributed by atoms with Gasteiger partial charge in [0.05, 0.1) is 13.2 Å². The summed E-state index contributed by atoms with van der Waals surface area (Å²) in [6.07, 6.45) is 2.32. The number of anilines is 2. The molecule has 2 aromatic carbocycles. The smallest absolute Gasteiger partial charge is 0.319 e. The van der Waals surface area contributed by atoms with Crippen molar-refractivity contribution in [2.75, 3.05) is 37.4 Å². The summed E-state index contributed by atoms with van der Waals surface area (Å²) >= 11 is 0. The van der Waals surface area contributed by atoms with Gasteiger partial charge in [0, 0.05) is 29.4 Å². The molecule has 7 heteroatoms. The number of amides is 3. The van der Waals surface area contributed by atoms with Gasteiger partial charge in [0.1, 0.15) is 5.75 Å². The Labute approximate surface area is 190 Å². The molecule has 0 spiro atoms. The summed E-state index contributed by atoms with van der Waals surface area (Å²) in [4.78, 5) is 27.1. The van der Waals surface area contributed by atoms with Gasteiger partial charge in [-0.1, -0.05) is 38.1 Å². The first kappa shape index (κ1) is 23.6. The molecule has 172 valence electrons. The van der Waals surface area contributed by atoms with E-state index in [2.05, 4.69) is 26.9 Å². The van der Waals surface area contributed by atoms with Gasteiger partial charge in [-0.3, -0.25) is 9.69 Å². The van der Waals surface area contributed by atoms with Crippen LogP contribution in [0.25, 0.3) is 0 Å². The third-order valence-electron chi connectivity index (χ3n) is 5.81. The molecule has 0 saturated carbocycles. The van der Waals surface area contributed by atoms with E-state index in [1.165, 1.54) is 0 Å². The molecule has 1 saturated heterocycles. The highest BCUT2D eigenvalue weighted by atomic mass is 16.5. The zero-order valence-electron chi connectivity index (χ0n) is 19.4. The van der Waals surface area contributed by atoms with Crippen molar-refractivity contribution >= 4 is 23.3 Å². The van der Waals surface area contributed by atoms with Crippen LogP contribution in [0.5, 0.6) is 5.75 Å². The number of ether oxygens (including phenoxy) is 1. The number of nitrogens with one attached hydrogen (secondary N) is 3. The highest BCUT2D eigenvalue weighted by Crippen LogP contribution is 2.31. The first-order chi connectivity index (χ1) is 15.4. The quantitative estimate of drug-likeness (QED) is 0.564. The Morgan fingerprint density at radius 3 is 2.47 bits per heavy atom. The number of nitrogens with zero attached hydrogens (tertiary/aromatic N) is 1. The van der Waals surface area contributed by atoms with Crippen molar-refractivity contribution in [3.8, 4) is 5.75 Å². The van der Waals surface area contributed by atoms with Crippen molar-refractivity contribution in [2.45, 2.75) is 39.7 Å². The second-order valence-corrected chi connectivity index (χ2v) is 8.51. The molecule has 32 heavy (non-hydrogen) atoms. The molecule has 7 nitrogen and oxygen atoms in total. The Morgan fingerprint density at radius 1 is 1.06 bits per heavy atom. The van der Waals surface area contributed by atoms with Gasteiger partial charge < -0.3 is 20.7 Å². The summed E-state index contributed by atoms with van der Waals surface area (Å²) in [6.45, 7) is 8.08. The minimum Gasteiger partial charge on any atom is -0.496 e. The monoisotopic (exact) mass is 438 g/mol. The molecule has 1 atom stereocenters. The van der Waals surface area contributed by atoms with Crippen LogP contribution in [0.2, 0.25) is 0 Å². The van der Waals surface area contributed by atoms with Gasteiger partial charge >= 0.3 is 6.03 Å². The number of carbonyl (C=O) groups is 2. The predicted octanol–water partition coefficient (Wildman–Crippen LogP) is 4.56. The maximum absolute atomic E-state index is 12.8. The maximum atomic E-state index is 12.8. The van der Waals surface area contributed by atoms with Gasteiger partial charge in [-0.15, -0.1) is 0 Å². The van der Waals surface area contributed by atoms with E-state index in [1.807, 2.05) is 51.1 Å². The number of carbonyl (C=O) groups excluding carboxylic acids is 2. The van der Waals surface area contributed by atoms with Crippen LogP contribution < -0.4 is 20.7 Å². The van der Waals surface area contributed by atoms with E-state index in [0.717, 1.165) is 42.8 Å². The number of benzene rings is 2. The fourth-order valence-electron chi connectivity index (χ4n) is 3.91. The van der Waals surface area contributed by atoms with Crippen LogP contribution in [0.1, 0.15) is 43.9 Å². The summed E-state index contributed by atoms with van der Waals surface area (Å²) in [5.41, 5.74) is 3.32. The summed E-state index contributed by atoms with van der Waals surface area (Å²) < 4.78 is 5.58. The molecule has 0 bridgehead atoms. The normalized spacial score (nSPS) is 14.8. The third kappa shape index (κ3) is 6.01. The Kier molecular flexibility index (Phi) is 8.11. The molecular weight excluding hydrogens is 404 g/mol. The minimum atomic E-state index is -0.278. The molecular formula is C25H34N4O3. The number of hydrogen-bond acceptors (Lipinski definition) is 4. The average Bonchev–Trinajstić information content (AvgIpc) is 3.31. The van der Waals surface area contributed by atoms with Gasteiger partial charge in [-0.25, -0.2) is 4.79 Å². The lowest BCUT2D eigenvalue weighted by Crippen LogP contribution is -2.38. The van der Waals surface area contributed by atoms with E-state index in [1.54, 1.807) is 13.2 Å². The van der Waals surface area contributed by atoms with Gasteiger partial charge in [0.2, 0.25) is 5.91 Å². The lowest BCUT2D eigenvalue weighted by molar-refractivity contribution is -0.118. The molecule has 3 rings (SSSR count). The van der Waals surface area contributed by atoms with Crippen LogP contribution in [-0.4, -0.2) is 43.6 Å². The largest absolute Gasteiger partial charge is 0.496 e. The molecule has 2 aromatic rings. The summed E-state index contributed by atoms with van der Waals surface area (Å²) in [5, 5.41) is 8.83. The standard InChI is InChI=1S/C25H34N4O3/c1-17(2)24(30)27-19-12-11-18(3)21(15-19)28-25(31)26-16-22(29-13-7-8-14-29)20-9-5-6-10-23(20)32-4/h5-6,9-12,15,17,22H,7-8,13-14,16H2,1-4H3,(H,27,30)(H2,26,28,31). The molecule has 1 fully saturated rings. The molecule has 0 aromatic heterocycles. The van der Waals surface area contributed by atoms with Gasteiger partial charge in [0.15, 0.2) is 0 Å². The Hall–Kier alpha value is -3.06. The highest BCUT2D eigenvalue weighted by Gasteiger charge is 2.26. The van der Waals surface area contributed by atoms with Gasteiger partial charge in [-0.05, 0) is 56.6 Å². The Balaban J connectivity index is 1.68. The number of aryl methyl sites for hydroxylation is 1. The second kappa shape index (κ2) is 11.0. The van der Waals surface area contributed by atoms with Crippen LogP contribution in [0.15, 0.2) is 42.5 Å². The number of hydrogen-bond donors (Lipinski definition) is 3. The Bertz CT molecular complexity index is 939. The average molecular weight is 439 g/mol. The van der Waals surface area contributed by atoms with Crippen LogP contribution in [-0.2, 0) is 4.79 Å². The first-order valence-electron chi connectivity index (χ1n) is 11.2. The molecule has 1 aliphatic rings. The molecule has 1 heterocycles. The number of urea groups is 1. The van der Waals surface area contributed by atoms with Crippen LogP contribution in [0.3, 0.4) is 0 Å². The van der Waals surface area contributed by atoms with Gasteiger partial charge in [0.25, 0.3) is 0 Å². The molecule has 3 amide bonds. The van der Waals surface area contributed by atoms with Crippen molar-refractivity contribution in [3.63, 3.8) is 0 Å². The van der Waals surface area contributed by atoms with E-state index in [4.69, 9.17) is 4.74 Å². The second-order valence-electron chi connectivity index (χ2n) is 8.51. The van der Waals surface area contributed by atoms with Crippen molar-refractivity contribution in [1.29, 1.82) is 0 Å². The fourth-order valence-corrected chi connectivity index (χ4v) is 3.91. The van der Waals surface area contributed by atoms with Crippen molar-refractivity contribution in [1.82, 2.24) is 10.2 Å². The predicted molar refractivity (Wildman–Crippen MR) is 128 cm³/mol. The zero-order valence-corrected chi connectivity index (χ0v) is 19.4. The first-order valence-corrected chi connectivity index (χ1v) is 11.2. The maximum Gasteiger partial charge on any atom is 0.319 e. The topological polar surface area (TPSA) is 82.7 Å². The number of methoxy groups -OCH3 is 1. The SMILES string of the molecule is COc1ccccc1C(CNC(=O)Nc1cc(NC(=O)C(C)C)ccc1C)N1CCCC1. The van der Waals surface area contributed by atoms with Crippen molar-refractivity contribution in [3.05, 3.63) is 53.6 Å². The van der Waals surface area contributed by atoms with Crippen molar-refractivity contribution in [2.24, 2.45) is 5.92 Å². The van der Waals surface area contributed by atoms with E-state index >= 15 is 0 Å². The van der Waals surface area contributed by atoms with Crippen LogP contribution in [0, 0.1) is 12.8 Å². The van der Waals surface area contributed by atoms with E-state index in [0.29, 0.717) is 17.9 Å². The minimum absolute atomic E-state index is 0.0390. The lowest BCUT2D eigenvalue weighted by Gasteiger charge is -2.29. The lowest BCUT2D eigenvalue weighted by atomic mass is 10.0. The highest BCUT2D eigenvalue weighted by molar-refractivity contribution is 5.94. The number of para-hydroxylation sites is 1. The third-order valence-corrected chi connectivity index (χ3v) is 5.81. The summed E-state index contributed by atoms with van der Waals surface area (Å²) in [7, 11) is 1.67. The van der Waals surface area contributed by atoms with Crippen LogP contribution in [0.4, 0.5) is 16.2 Å². The number of likely N-dealkylation sites (tertiary alicyclic amines) is 1. The molecule has 3 N–H and O–H groups in total. The summed E-state index contributed by atoms with van der Waals surface area (Å²) in [5.74, 6) is 0.652. The van der Waals surface area contributed by atoms with Crippen molar-refractivity contribution < 1.29 is 14.3 Å². The Morgan fingerprint density at radius 2 is 1.78 bits per heavy atom. The molecule has 0 aliphatic carbocycles.